The zero-order chi connectivity index (χ0) is 15.0. The number of hydrogen-bond donors (Lipinski definition) is 1. The van der Waals surface area contributed by atoms with Gasteiger partial charge >= 0.3 is 18.5 Å². The van der Waals surface area contributed by atoms with E-state index in [0.29, 0.717) is 0 Å². The molecule has 0 aliphatic rings. The summed E-state index contributed by atoms with van der Waals surface area (Å²) >= 11 is 0.970. The zero-order valence-corrected chi connectivity index (χ0v) is 10.6. The molecule has 1 aromatic heterocycles. The highest BCUT2D eigenvalue weighted by Gasteiger charge is 2.39. The van der Waals surface area contributed by atoms with Crippen LogP contribution in [0.2, 0.25) is 0 Å². The SMILES string of the molecule is O=C(O)c1c(OC(F)(F)F)ncc(C(F)(F)F)c1I. The Bertz CT molecular complexity index is 512. The van der Waals surface area contributed by atoms with E-state index in [1.807, 2.05) is 0 Å². The minimum absolute atomic E-state index is 0.0787. The lowest BCUT2D eigenvalue weighted by Gasteiger charge is -2.14. The first-order chi connectivity index (χ1) is 8.43. The topological polar surface area (TPSA) is 59.4 Å². The molecule has 1 rings (SSSR count). The van der Waals surface area contributed by atoms with E-state index in [4.69, 9.17) is 5.11 Å². The Morgan fingerprint density at radius 2 is 1.79 bits per heavy atom. The number of hydrogen-bond acceptors (Lipinski definition) is 3. The summed E-state index contributed by atoms with van der Waals surface area (Å²) in [6.45, 7) is 0. The van der Waals surface area contributed by atoms with Crippen molar-refractivity contribution in [1.82, 2.24) is 4.98 Å². The van der Waals surface area contributed by atoms with Gasteiger partial charge in [0.15, 0.2) is 0 Å². The summed E-state index contributed by atoms with van der Waals surface area (Å²) in [5.74, 6) is -3.46. The Kier molecular flexibility index (Phi) is 4.17. The van der Waals surface area contributed by atoms with Crippen LogP contribution in [0, 0.1) is 3.57 Å². The summed E-state index contributed by atoms with van der Waals surface area (Å²) in [4.78, 5) is 13.5. The van der Waals surface area contributed by atoms with Crippen molar-refractivity contribution in [3.63, 3.8) is 0 Å². The highest BCUT2D eigenvalue weighted by Crippen LogP contribution is 2.37. The Hall–Kier alpha value is -1.27. The van der Waals surface area contributed by atoms with Crippen molar-refractivity contribution in [3.05, 3.63) is 20.9 Å². The van der Waals surface area contributed by atoms with Crippen LogP contribution >= 0.6 is 22.6 Å². The van der Waals surface area contributed by atoms with E-state index in [9.17, 15) is 31.1 Å². The number of carboxylic acid groups (broad SMARTS) is 1. The molecule has 0 saturated carbocycles. The van der Waals surface area contributed by atoms with Crippen LogP contribution in [0.25, 0.3) is 0 Å². The average Bonchev–Trinajstić information content (AvgIpc) is 2.11. The van der Waals surface area contributed by atoms with Crippen LogP contribution in [0.3, 0.4) is 0 Å². The predicted molar refractivity (Wildman–Crippen MR) is 55.6 cm³/mol. The summed E-state index contributed by atoms with van der Waals surface area (Å²) in [5, 5.41) is 8.67. The second-order valence-corrected chi connectivity index (χ2v) is 4.10. The normalized spacial score (nSPS) is 12.4. The van der Waals surface area contributed by atoms with Gasteiger partial charge in [0.05, 0.1) is 5.56 Å². The Morgan fingerprint density at radius 1 is 1.26 bits per heavy atom. The van der Waals surface area contributed by atoms with Gasteiger partial charge in [0, 0.05) is 9.77 Å². The van der Waals surface area contributed by atoms with Crippen LogP contribution in [0.4, 0.5) is 26.3 Å². The number of pyridine rings is 1. The van der Waals surface area contributed by atoms with Gasteiger partial charge in [0.25, 0.3) is 0 Å². The van der Waals surface area contributed by atoms with Crippen molar-refractivity contribution >= 4 is 28.6 Å². The van der Waals surface area contributed by atoms with E-state index < -0.39 is 39.1 Å². The van der Waals surface area contributed by atoms with Gasteiger partial charge in [-0.25, -0.2) is 9.78 Å². The molecule has 0 amide bonds. The van der Waals surface area contributed by atoms with E-state index >= 15 is 0 Å². The lowest BCUT2D eigenvalue weighted by molar-refractivity contribution is -0.276. The molecule has 4 nitrogen and oxygen atoms in total. The fraction of sp³-hybridized carbons (Fsp3) is 0.250. The van der Waals surface area contributed by atoms with Crippen molar-refractivity contribution in [2.45, 2.75) is 12.5 Å². The van der Waals surface area contributed by atoms with Gasteiger partial charge < -0.3 is 9.84 Å². The average molecular weight is 401 g/mol. The molecule has 11 heteroatoms. The standard InChI is InChI=1S/C8H2F6INO3/c9-7(10,11)2-1-16-5(19-8(12,13)14)3(4(2)15)6(17)18/h1H,(H,17,18). The molecule has 0 spiro atoms. The van der Waals surface area contributed by atoms with E-state index in [0.717, 1.165) is 22.6 Å². The van der Waals surface area contributed by atoms with Gasteiger partial charge in [-0.15, -0.1) is 13.2 Å². The fourth-order valence-electron chi connectivity index (χ4n) is 1.04. The number of aromatic nitrogens is 1. The number of nitrogens with zero attached hydrogens (tertiary/aromatic N) is 1. The Labute approximate surface area is 114 Å². The molecule has 0 radical (unpaired) electrons. The number of carbonyl (C=O) groups is 1. The molecule has 0 atom stereocenters. The van der Waals surface area contributed by atoms with Crippen LogP contribution in [0.15, 0.2) is 6.20 Å². The van der Waals surface area contributed by atoms with Crippen LogP contribution in [0.5, 0.6) is 5.88 Å². The second kappa shape index (κ2) is 5.02. The minimum Gasteiger partial charge on any atom is -0.477 e. The number of rotatable bonds is 2. The van der Waals surface area contributed by atoms with E-state index in [1.54, 1.807) is 0 Å². The van der Waals surface area contributed by atoms with Crippen LogP contribution in [0.1, 0.15) is 15.9 Å². The molecule has 0 aliphatic heterocycles. The zero-order valence-electron chi connectivity index (χ0n) is 8.43. The lowest BCUT2D eigenvalue weighted by atomic mass is 10.2. The van der Waals surface area contributed by atoms with Gasteiger partial charge in [-0.3, -0.25) is 0 Å². The highest BCUT2D eigenvalue weighted by molar-refractivity contribution is 14.1. The van der Waals surface area contributed by atoms with Crippen LogP contribution < -0.4 is 4.74 Å². The molecule has 1 N–H and O–H groups in total. The molecule has 0 aromatic carbocycles. The Morgan fingerprint density at radius 3 is 2.16 bits per heavy atom. The molecule has 19 heavy (non-hydrogen) atoms. The molecule has 1 heterocycles. The highest BCUT2D eigenvalue weighted by atomic mass is 127. The maximum atomic E-state index is 12.5. The molecule has 0 fully saturated rings. The van der Waals surface area contributed by atoms with Crippen molar-refractivity contribution in [2.24, 2.45) is 0 Å². The summed E-state index contributed by atoms with van der Waals surface area (Å²) in [6, 6.07) is 0. The number of halogens is 7. The number of carboxylic acids is 1. The van der Waals surface area contributed by atoms with Crippen molar-refractivity contribution in [3.8, 4) is 5.88 Å². The predicted octanol–water partition coefficient (Wildman–Crippen LogP) is 3.30. The molecule has 0 saturated heterocycles. The monoisotopic (exact) mass is 401 g/mol. The maximum Gasteiger partial charge on any atom is 0.574 e. The van der Waals surface area contributed by atoms with E-state index in [1.165, 1.54) is 0 Å². The summed E-state index contributed by atoms with van der Waals surface area (Å²) < 4.78 is 75.6. The molecule has 0 unspecified atom stereocenters. The molecule has 106 valence electrons. The second-order valence-electron chi connectivity index (χ2n) is 3.02. The first-order valence-corrected chi connectivity index (χ1v) is 5.26. The van der Waals surface area contributed by atoms with Gasteiger partial charge in [0.1, 0.15) is 5.56 Å². The maximum absolute atomic E-state index is 12.5. The van der Waals surface area contributed by atoms with Crippen LogP contribution in [-0.2, 0) is 6.18 Å². The third kappa shape index (κ3) is 3.84. The first kappa shape index (κ1) is 15.8. The number of ether oxygens (including phenoxy) is 1. The number of alkyl halides is 6. The van der Waals surface area contributed by atoms with Crippen molar-refractivity contribution in [1.29, 1.82) is 0 Å². The fourth-order valence-corrected chi connectivity index (χ4v) is 1.95. The first-order valence-electron chi connectivity index (χ1n) is 4.18. The quantitative estimate of drug-likeness (QED) is 0.611. The third-order valence-electron chi connectivity index (χ3n) is 1.71. The smallest absolute Gasteiger partial charge is 0.477 e. The van der Waals surface area contributed by atoms with Crippen molar-refractivity contribution in [2.75, 3.05) is 0 Å². The Balaban J connectivity index is 3.45. The largest absolute Gasteiger partial charge is 0.574 e. The minimum atomic E-state index is -5.26. The summed E-state index contributed by atoms with van der Waals surface area (Å²) in [7, 11) is 0. The summed E-state index contributed by atoms with van der Waals surface area (Å²) in [6.07, 6.45) is -10.1. The molecular formula is C8H2F6INO3. The van der Waals surface area contributed by atoms with E-state index in [2.05, 4.69) is 9.72 Å². The van der Waals surface area contributed by atoms with Gasteiger partial charge in [-0.1, -0.05) is 0 Å². The van der Waals surface area contributed by atoms with Crippen molar-refractivity contribution < 1.29 is 41.0 Å². The number of aromatic carboxylic acids is 1. The molecular weight excluding hydrogens is 399 g/mol. The van der Waals surface area contributed by atoms with Crippen LogP contribution in [-0.4, -0.2) is 22.4 Å². The van der Waals surface area contributed by atoms with E-state index in [-0.39, 0.29) is 6.20 Å². The third-order valence-corrected chi connectivity index (χ3v) is 2.83. The molecule has 1 aromatic rings. The lowest BCUT2D eigenvalue weighted by Crippen LogP contribution is -2.22. The molecule has 0 bridgehead atoms. The van der Waals surface area contributed by atoms with Gasteiger partial charge in [0.2, 0.25) is 5.88 Å². The van der Waals surface area contributed by atoms with Gasteiger partial charge in [-0.05, 0) is 22.6 Å². The summed E-state index contributed by atoms with van der Waals surface area (Å²) in [5.41, 5.74) is -2.76. The molecule has 0 aliphatic carbocycles. The van der Waals surface area contributed by atoms with Gasteiger partial charge in [-0.2, -0.15) is 13.2 Å².